The van der Waals surface area contributed by atoms with Crippen LogP contribution in [0, 0.1) is 11.3 Å². The molecule has 2 aliphatic carbocycles. The van der Waals surface area contributed by atoms with E-state index in [1.165, 1.54) is 24.0 Å². The van der Waals surface area contributed by atoms with Crippen LogP contribution in [-0.4, -0.2) is 29.0 Å². The van der Waals surface area contributed by atoms with Gasteiger partial charge in [0.05, 0.1) is 0 Å². The number of hydrogen-bond acceptors (Lipinski definition) is 3. The molecule has 3 aliphatic rings. The molecule has 2 fully saturated rings. The number of carbonyl (C=O) groups is 1. The molecule has 0 aromatic heterocycles. The Hall–Kier alpha value is -2.33. The van der Waals surface area contributed by atoms with E-state index in [4.69, 9.17) is 4.74 Å². The molecule has 4 nitrogen and oxygen atoms in total. The minimum absolute atomic E-state index is 0.215. The van der Waals surface area contributed by atoms with E-state index in [0.717, 1.165) is 37.2 Å². The minimum Gasteiger partial charge on any atom is -0.461 e. The van der Waals surface area contributed by atoms with E-state index in [-0.39, 0.29) is 11.3 Å². The van der Waals surface area contributed by atoms with E-state index >= 15 is 0 Å². The first-order valence-corrected chi connectivity index (χ1v) is 10.3. The van der Waals surface area contributed by atoms with Crippen molar-refractivity contribution in [3.63, 3.8) is 0 Å². The minimum atomic E-state index is -0.955. The van der Waals surface area contributed by atoms with Gasteiger partial charge in [-0.3, -0.25) is 4.79 Å². The number of hydrogen-bond donors (Lipinski definition) is 1. The molecule has 1 saturated heterocycles. The Morgan fingerprint density at radius 3 is 2.82 bits per heavy atom. The van der Waals surface area contributed by atoms with Crippen molar-refractivity contribution < 1.29 is 14.6 Å². The van der Waals surface area contributed by atoms with E-state index in [0.29, 0.717) is 11.8 Å². The highest BCUT2D eigenvalue weighted by molar-refractivity contribution is 5.73. The van der Waals surface area contributed by atoms with Crippen LogP contribution in [0.25, 0.3) is 0 Å². The van der Waals surface area contributed by atoms with Crippen molar-refractivity contribution in [1.82, 2.24) is 4.90 Å². The second-order valence-corrected chi connectivity index (χ2v) is 8.70. The van der Waals surface area contributed by atoms with Crippen molar-refractivity contribution >= 4 is 5.91 Å². The molecule has 0 bridgehead atoms. The van der Waals surface area contributed by atoms with Crippen molar-refractivity contribution in [2.45, 2.75) is 44.8 Å². The monoisotopic (exact) mass is 377 g/mol. The summed E-state index contributed by atoms with van der Waals surface area (Å²) in [6.07, 6.45) is 3.65. The molecule has 1 heterocycles. The fourth-order valence-electron chi connectivity index (χ4n) is 5.98. The first kappa shape index (κ1) is 17.7. The zero-order valence-electron chi connectivity index (χ0n) is 16.3. The number of aliphatic hydroxyl groups is 1. The smallest absolute Gasteiger partial charge is 0.224 e. The third-order valence-electron chi connectivity index (χ3n) is 7.36. The van der Waals surface area contributed by atoms with Gasteiger partial charge in [0.1, 0.15) is 5.75 Å². The molecule has 1 amide bonds. The number of fused-ring (bicyclic) bond motifs is 2. The van der Waals surface area contributed by atoms with Crippen LogP contribution >= 0.6 is 0 Å². The summed E-state index contributed by atoms with van der Waals surface area (Å²) in [7, 11) is 0. The third kappa shape index (κ3) is 2.74. The van der Waals surface area contributed by atoms with Crippen molar-refractivity contribution in [2.75, 3.05) is 13.1 Å². The molecule has 146 valence electrons. The van der Waals surface area contributed by atoms with Gasteiger partial charge in [-0.2, -0.15) is 0 Å². The van der Waals surface area contributed by atoms with Gasteiger partial charge in [0.15, 0.2) is 0 Å². The molecule has 1 spiro atoms. The van der Waals surface area contributed by atoms with Gasteiger partial charge in [0.2, 0.25) is 12.2 Å². The molecule has 1 N–H and O–H groups in total. The summed E-state index contributed by atoms with van der Waals surface area (Å²) < 4.78 is 5.81. The molecule has 4 atom stereocenters. The Bertz CT molecular complexity index is 896. The Balaban J connectivity index is 1.39. The Labute approximate surface area is 166 Å². The van der Waals surface area contributed by atoms with E-state index < -0.39 is 6.29 Å². The maximum Gasteiger partial charge on any atom is 0.224 e. The van der Waals surface area contributed by atoms with Gasteiger partial charge in [0, 0.05) is 25.6 Å². The summed E-state index contributed by atoms with van der Waals surface area (Å²) in [6.45, 7) is 3.55. The molecule has 1 aliphatic heterocycles. The average Bonchev–Trinajstić information content (AvgIpc) is 3.24. The van der Waals surface area contributed by atoms with Gasteiger partial charge in [-0.05, 0) is 66.2 Å². The van der Waals surface area contributed by atoms with Crippen LogP contribution in [0.4, 0.5) is 0 Å². The number of amides is 1. The topological polar surface area (TPSA) is 49.8 Å². The van der Waals surface area contributed by atoms with Crippen molar-refractivity contribution in [1.29, 1.82) is 0 Å². The Morgan fingerprint density at radius 1 is 1.21 bits per heavy atom. The Morgan fingerprint density at radius 2 is 2.04 bits per heavy atom. The summed E-state index contributed by atoms with van der Waals surface area (Å²) in [5.41, 5.74) is 3.80. The van der Waals surface area contributed by atoms with Crippen molar-refractivity contribution in [2.24, 2.45) is 11.3 Å². The first-order chi connectivity index (χ1) is 13.6. The van der Waals surface area contributed by atoms with Gasteiger partial charge in [-0.15, -0.1) is 0 Å². The van der Waals surface area contributed by atoms with Crippen LogP contribution in [0.2, 0.25) is 0 Å². The average molecular weight is 377 g/mol. The predicted molar refractivity (Wildman–Crippen MR) is 107 cm³/mol. The Kier molecular flexibility index (Phi) is 4.20. The molecule has 0 radical (unpaired) electrons. The quantitative estimate of drug-likeness (QED) is 0.821. The number of likely N-dealkylation sites (tertiary alicyclic amines) is 1. The fraction of sp³-hybridized carbons (Fsp3) is 0.458. The summed E-state index contributed by atoms with van der Waals surface area (Å²) in [6, 6.07) is 15.8. The number of nitrogens with zero attached hydrogens (tertiary/aromatic N) is 1. The largest absolute Gasteiger partial charge is 0.461 e. The van der Waals surface area contributed by atoms with E-state index in [1.54, 1.807) is 6.92 Å². The predicted octanol–water partition coefficient (Wildman–Crippen LogP) is 4.04. The molecule has 4 heteroatoms. The molecule has 5 rings (SSSR count). The number of aryl methyl sites for hydroxylation is 1. The van der Waals surface area contributed by atoms with Gasteiger partial charge in [-0.1, -0.05) is 36.4 Å². The first-order valence-electron chi connectivity index (χ1n) is 10.3. The van der Waals surface area contributed by atoms with Crippen molar-refractivity contribution in [3.05, 3.63) is 65.2 Å². The lowest BCUT2D eigenvalue weighted by molar-refractivity contribution is -0.128. The molecule has 28 heavy (non-hydrogen) atoms. The highest BCUT2D eigenvalue weighted by Crippen LogP contribution is 2.61. The molecule has 1 saturated carbocycles. The maximum absolute atomic E-state index is 11.9. The number of rotatable bonds is 3. The third-order valence-corrected chi connectivity index (χ3v) is 7.36. The number of aliphatic hydroxyl groups excluding tert-OH is 1. The normalized spacial score (nSPS) is 29.0. The van der Waals surface area contributed by atoms with E-state index in [1.807, 2.05) is 36.4 Å². The van der Waals surface area contributed by atoms with E-state index in [9.17, 15) is 9.90 Å². The highest BCUT2D eigenvalue weighted by Gasteiger charge is 2.57. The number of benzene rings is 2. The maximum atomic E-state index is 11.9. The zero-order chi connectivity index (χ0) is 19.3. The van der Waals surface area contributed by atoms with Gasteiger partial charge in [-0.25, -0.2) is 0 Å². The highest BCUT2D eigenvalue weighted by atomic mass is 16.6. The summed E-state index contributed by atoms with van der Waals surface area (Å²) >= 11 is 0. The fourth-order valence-corrected chi connectivity index (χ4v) is 5.98. The molecule has 2 aromatic carbocycles. The SMILES string of the molecule is CC(=O)N1C[C@H]2CC[C@H]3c4ccc(OC(O)c5ccccc5)cc4CCC23C1. The van der Waals surface area contributed by atoms with Crippen molar-refractivity contribution in [3.8, 4) is 5.75 Å². The molecular weight excluding hydrogens is 350 g/mol. The number of carbonyl (C=O) groups excluding carboxylic acids is 1. The van der Waals surface area contributed by atoms with E-state index in [2.05, 4.69) is 17.0 Å². The lowest BCUT2D eigenvalue weighted by atomic mass is 9.63. The van der Waals surface area contributed by atoms with Gasteiger partial charge >= 0.3 is 0 Å². The van der Waals surface area contributed by atoms with Crippen LogP contribution in [-0.2, 0) is 11.2 Å². The van der Waals surface area contributed by atoms with Gasteiger partial charge < -0.3 is 14.7 Å². The molecular formula is C24H27NO3. The number of ether oxygens (including phenoxy) is 1. The van der Waals surface area contributed by atoms with Crippen LogP contribution in [0.1, 0.15) is 55.1 Å². The second-order valence-electron chi connectivity index (χ2n) is 8.70. The van der Waals surface area contributed by atoms with Crippen LogP contribution in [0.5, 0.6) is 5.75 Å². The van der Waals surface area contributed by atoms with Gasteiger partial charge in [0.25, 0.3) is 0 Å². The molecule has 2 aromatic rings. The van der Waals surface area contributed by atoms with Crippen LogP contribution in [0.15, 0.2) is 48.5 Å². The lowest BCUT2D eigenvalue weighted by Crippen LogP contribution is -2.37. The summed E-state index contributed by atoms with van der Waals surface area (Å²) in [4.78, 5) is 14.0. The second kappa shape index (κ2) is 6.63. The standard InChI is InChI=1S/C24H27NO3/c1-16(26)25-14-19-7-10-22-21-9-8-20(13-18(21)11-12-24(19,22)15-25)28-23(27)17-5-3-2-4-6-17/h2-6,8-9,13,19,22-23,27H,7,10-12,14-15H2,1H3/t19-,22+,23?,24?/m1/s1. The van der Waals surface area contributed by atoms with Crippen LogP contribution in [0.3, 0.4) is 0 Å². The lowest BCUT2D eigenvalue weighted by Gasteiger charge is -2.41. The summed E-state index contributed by atoms with van der Waals surface area (Å²) in [5, 5.41) is 10.4. The summed E-state index contributed by atoms with van der Waals surface area (Å²) in [5.74, 6) is 2.12. The van der Waals surface area contributed by atoms with Crippen LogP contribution < -0.4 is 4.74 Å². The molecule has 2 unspecified atom stereocenters. The zero-order valence-corrected chi connectivity index (χ0v) is 16.3.